The van der Waals surface area contributed by atoms with Crippen LogP contribution >= 0.6 is 24.0 Å². The first kappa shape index (κ1) is 22.2. The van der Waals surface area contributed by atoms with Crippen LogP contribution in [0.1, 0.15) is 19.4 Å². The van der Waals surface area contributed by atoms with Crippen LogP contribution in [0.5, 0.6) is 5.75 Å². The first-order valence-corrected chi connectivity index (χ1v) is 9.86. The highest BCUT2D eigenvalue weighted by Crippen LogP contribution is 2.18. The lowest BCUT2D eigenvalue weighted by molar-refractivity contribution is 0.0154. The Labute approximate surface area is 180 Å². The Balaban J connectivity index is 0.00000261. The number of aryl methyl sites for hydroxylation is 1. The van der Waals surface area contributed by atoms with E-state index in [2.05, 4.69) is 47.3 Å². The van der Waals surface area contributed by atoms with Crippen molar-refractivity contribution in [2.24, 2.45) is 4.99 Å². The Kier molecular flexibility index (Phi) is 9.11. The van der Waals surface area contributed by atoms with Crippen LogP contribution in [0.2, 0.25) is 0 Å². The number of hydrogen-bond acceptors (Lipinski definition) is 4. The van der Waals surface area contributed by atoms with E-state index in [0.29, 0.717) is 12.6 Å². The van der Waals surface area contributed by atoms with Crippen molar-refractivity contribution >= 4 is 29.9 Å². The molecule has 3 saturated heterocycles. The average Bonchev–Trinajstić information content (AvgIpc) is 2.67. The second kappa shape index (κ2) is 11.1. The van der Waals surface area contributed by atoms with Gasteiger partial charge in [-0.15, -0.1) is 24.0 Å². The number of rotatable bonds is 7. The maximum atomic E-state index is 6.03. The topological polar surface area (TPSA) is 52.1 Å². The van der Waals surface area contributed by atoms with Crippen LogP contribution in [0.3, 0.4) is 0 Å². The molecule has 7 heteroatoms. The third-order valence-corrected chi connectivity index (χ3v) is 5.17. The fourth-order valence-corrected chi connectivity index (χ4v) is 3.64. The first-order valence-electron chi connectivity index (χ1n) is 9.86. The van der Waals surface area contributed by atoms with Crippen LogP contribution < -0.4 is 15.4 Å². The van der Waals surface area contributed by atoms with Crippen molar-refractivity contribution in [2.45, 2.75) is 32.9 Å². The summed E-state index contributed by atoms with van der Waals surface area (Å²) >= 11 is 0. The number of fused-ring (bicyclic) bond motifs is 3. The smallest absolute Gasteiger partial charge is 0.191 e. The molecule has 4 rings (SSSR count). The molecule has 2 bridgehead atoms. The molecule has 3 heterocycles. The van der Waals surface area contributed by atoms with Gasteiger partial charge in [-0.2, -0.15) is 0 Å². The fraction of sp³-hybridized carbons (Fsp3) is 0.650. The van der Waals surface area contributed by atoms with E-state index < -0.39 is 0 Å². The summed E-state index contributed by atoms with van der Waals surface area (Å²) in [6, 6.07) is 8.71. The Morgan fingerprint density at radius 1 is 1.22 bits per heavy atom. The van der Waals surface area contributed by atoms with Gasteiger partial charge in [0.15, 0.2) is 5.96 Å². The van der Waals surface area contributed by atoms with E-state index in [1.165, 1.54) is 32.7 Å². The lowest BCUT2D eigenvalue weighted by Gasteiger charge is -2.47. The van der Waals surface area contributed by atoms with Crippen molar-refractivity contribution in [2.75, 3.05) is 52.4 Å². The number of nitrogens with one attached hydrogen (secondary N) is 2. The maximum absolute atomic E-state index is 6.03. The highest BCUT2D eigenvalue weighted by Gasteiger charge is 2.31. The predicted octanol–water partition coefficient (Wildman–Crippen LogP) is 1.94. The Morgan fingerprint density at radius 3 is 2.59 bits per heavy atom. The summed E-state index contributed by atoms with van der Waals surface area (Å²) in [5.41, 5.74) is 1.16. The molecule has 0 radical (unpaired) electrons. The SMILES string of the molecule is CCNC(=NCC(C)Oc1ccccc1C)NCC1CN2CCN1CC2.I. The van der Waals surface area contributed by atoms with E-state index in [4.69, 9.17) is 9.73 Å². The molecule has 1 aromatic carbocycles. The van der Waals surface area contributed by atoms with Crippen molar-refractivity contribution in [1.29, 1.82) is 0 Å². The maximum Gasteiger partial charge on any atom is 0.191 e. The number of nitrogens with zero attached hydrogens (tertiary/aromatic N) is 3. The first-order chi connectivity index (χ1) is 12.7. The van der Waals surface area contributed by atoms with Gasteiger partial charge < -0.3 is 15.4 Å². The summed E-state index contributed by atoms with van der Waals surface area (Å²) in [6.07, 6.45) is 0.0344. The van der Waals surface area contributed by atoms with Crippen molar-refractivity contribution in [1.82, 2.24) is 20.4 Å². The molecular weight excluding hydrogens is 453 g/mol. The van der Waals surface area contributed by atoms with Gasteiger partial charge in [0.25, 0.3) is 0 Å². The third kappa shape index (κ3) is 6.50. The summed E-state index contributed by atoms with van der Waals surface area (Å²) < 4.78 is 6.03. The average molecular weight is 487 g/mol. The van der Waals surface area contributed by atoms with E-state index in [9.17, 15) is 0 Å². The van der Waals surface area contributed by atoms with Gasteiger partial charge in [-0.05, 0) is 32.4 Å². The number of guanidine groups is 1. The number of aliphatic imine (C=N–C) groups is 1. The van der Waals surface area contributed by atoms with Crippen LogP contribution in [0.4, 0.5) is 0 Å². The summed E-state index contributed by atoms with van der Waals surface area (Å²) in [5, 5.41) is 6.87. The van der Waals surface area contributed by atoms with Gasteiger partial charge in [0.2, 0.25) is 0 Å². The molecule has 3 aliphatic rings. The largest absolute Gasteiger partial charge is 0.489 e. The van der Waals surface area contributed by atoms with Crippen LogP contribution in [0.15, 0.2) is 29.3 Å². The lowest BCUT2D eigenvalue weighted by Crippen LogP contribution is -2.63. The zero-order valence-corrected chi connectivity index (χ0v) is 19.1. The van der Waals surface area contributed by atoms with Gasteiger partial charge in [-0.3, -0.25) is 9.80 Å². The monoisotopic (exact) mass is 487 g/mol. The van der Waals surface area contributed by atoms with Crippen LogP contribution in [0.25, 0.3) is 0 Å². The van der Waals surface area contributed by atoms with Crippen molar-refractivity contribution < 1.29 is 4.74 Å². The van der Waals surface area contributed by atoms with Crippen LogP contribution in [-0.4, -0.2) is 80.3 Å². The second-order valence-corrected chi connectivity index (χ2v) is 7.28. The van der Waals surface area contributed by atoms with Crippen molar-refractivity contribution in [3.05, 3.63) is 29.8 Å². The second-order valence-electron chi connectivity index (χ2n) is 7.28. The van der Waals surface area contributed by atoms with Crippen LogP contribution in [-0.2, 0) is 0 Å². The summed E-state index contributed by atoms with van der Waals surface area (Å²) in [6.45, 7) is 14.7. The van der Waals surface area contributed by atoms with E-state index >= 15 is 0 Å². The zero-order valence-electron chi connectivity index (χ0n) is 16.8. The van der Waals surface area contributed by atoms with Crippen molar-refractivity contribution in [3.8, 4) is 5.75 Å². The highest BCUT2D eigenvalue weighted by molar-refractivity contribution is 14.0. The number of piperazine rings is 3. The molecule has 2 atom stereocenters. The van der Waals surface area contributed by atoms with Gasteiger partial charge in [0, 0.05) is 51.9 Å². The fourth-order valence-electron chi connectivity index (χ4n) is 3.64. The zero-order chi connectivity index (χ0) is 18.4. The van der Waals surface area contributed by atoms with Gasteiger partial charge in [-0.1, -0.05) is 18.2 Å². The predicted molar refractivity (Wildman–Crippen MR) is 122 cm³/mol. The number of para-hydroxylation sites is 1. The third-order valence-electron chi connectivity index (χ3n) is 5.17. The normalized spacial score (nSPS) is 25.4. The molecule has 0 saturated carbocycles. The Bertz CT molecular complexity index is 604. The molecule has 0 aliphatic carbocycles. The van der Waals surface area contributed by atoms with E-state index in [0.717, 1.165) is 30.4 Å². The molecule has 0 spiro atoms. The van der Waals surface area contributed by atoms with Gasteiger partial charge in [0.05, 0.1) is 6.54 Å². The molecule has 3 fully saturated rings. The summed E-state index contributed by atoms with van der Waals surface area (Å²) in [4.78, 5) is 9.88. The molecule has 2 N–H and O–H groups in total. The summed E-state index contributed by atoms with van der Waals surface area (Å²) in [5.74, 6) is 1.82. The molecule has 6 nitrogen and oxygen atoms in total. The number of benzene rings is 1. The number of halogens is 1. The van der Waals surface area contributed by atoms with Gasteiger partial charge in [-0.25, -0.2) is 4.99 Å². The van der Waals surface area contributed by atoms with E-state index in [-0.39, 0.29) is 30.1 Å². The molecule has 0 aromatic heterocycles. The van der Waals surface area contributed by atoms with E-state index in [1.54, 1.807) is 0 Å². The highest BCUT2D eigenvalue weighted by atomic mass is 127. The standard InChI is InChI=1S/C20H33N5O.HI/c1-4-21-20(23-14-18-15-24-9-11-25(18)12-10-24)22-13-17(3)26-19-8-6-5-7-16(19)2;/h5-8,17-18H,4,9-15H2,1-3H3,(H2,21,22,23);1H. The molecule has 0 amide bonds. The minimum absolute atomic E-state index is 0. The minimum Gasteiger partial charge on any atom is -0.489 e. The summed E-state index contributed by atoms with van der Waals surface area (Å²) in [7, 11) is 0. The molecule has 1 aromatic rings. The van der Waals surface area contributed by atoms with E-state index in [1.807, 2.05) is 18.2 Å². The van der Waals surface area contributed by atoms with Gasteiger partial charge >= 0.3 is 0 Å². The molecule has 2 unspecified atom stereocenters. The van der Waals surface area contributed by atoms with Gasteiger partial charge in [0.1, 0.15) is 11.9 Å². The van der Waals surface area contributed by atoms with Crippen LogP contribution in [0, 0.1) is 6.92 Å². The minimum atomic E-state index is 0. The molecule has 27 heavy (non-hydrogen) atoms. The quantitative estimate of drug-likeness (QED) is 0.350. The van der Waals surface area contributed by atoms with Crippen molar-refractivity contribution in [3.63, 3.8) is 0 Å². The Hall–Kier alpha value is -1.06. The molecule has 3 aliphatic heterocycles. The number of ether oxygens (including phenoxy) is 1. The number of hydrogen-bond donors (Lipinski definition) is 2. The molecular formula is C20H34IN5O. The Morgan fingerprint density at radius 2 is 1.96 bits per heavy atom. The lowest BCUT2D eigenvalue weighted by atomic mass is 10.1. The molecule has 152 valence electrons.